The van der Waals surface area contributed by atoms with Gasteiger partial charge in [0.15, 0.2) is 5.75 Å². The van der Waals surface area contributed by atoms with Crippen molar-refractivity contribution in [1.29, 1.82) is 0 Å². The number of aryl methyl sites for hydroxylation is 1. The minimum atomic E-state index is -3.30. The molecule has 5 nitrogen and oxygen atoms in total. The molecule has 0 amide bonds. The van der Waals surface area contributed by atoms with Gasteiger partial charge in [0.05, 0.1) is 23.7 Å². The van der Waals surface area contributed by atoms with Gasteiger partial charge < -0.3 is 4.74 Å². The van der Waals surface area contributed by atoms with E-state index in [1.165, 1.54) is 0 Å². The molecular weight excluding hydrogens is 240 g/mol. The predicted molar refractivity (Wildman–Crippen MR) is 65.7 cm³/mol. The molecule has 0 saturated heterocycles. The molecule has 0 spiro atoms. The molecule has 94 valence electrons. The van der Waals surface area contributed by atoms with Crippen LogP contribution in [0.4, 0.5) is 5.69 Å². The van der Waals surface area contributed by atoms with E-state index in [9.17, 15) is 8.42 Å². The molecule has 1 fully saturated rings. The fraction of sp³-hybridized carbons (Fsp3) is 0.545. The summed E-state index contributed by atoms with van der Waals surface area (Å²) in [5.41, 5.74) is 1.26. The van der Waals surface area contributed by atoms with E-state index in [1.807, 2.05) is 6.92 Å². The highest BCUT2D eigenvalue weighted by Crippen LogP contribution is 2.34. The maximum atomic E-state index is 11.3. The van der Waals surface area contributed by atoms with E-state index in [-0.39, 0.29) is 6.10 Å². The second-order valence-electron chi connectivity index (χ2n) is 4.18. The first-order valence-electron chi connectivity index (χ1n) is 5.62. The zero-order valence-electron chi connectivity index (χ0n) is 9.93. The van der Waals surface area contributed by atoms with Crippen LogP contribution in [0.15, 0.2) is 12.3 Å². The highest BCUT2D eigenvalue weighted by Gasteiger charge is 2.26. The van der Waals surface area contributed by atoms with Crippen molar-refractivity contribution in [1.82, 2.24) is 4.98 Å². The Bertz CT molecular complexity index is 509. The third kappa shape index (κ3) is 3.33. The van der Waals surface area contributed by atoms with Gasteiger partial charge in [-0.15, -0.1) is 0 Å². The van der Waals surface area contributed by atoms with Crippen molar-refractivity contribution in [2.24, 2.45) is 0 Å². The van der Waals surface area contributed by atoms with Crippen molar-refractivity contribution in [3.8, 4) is 5.75 Å². The minimum Gasteiger partial charge on any atom is -0.486 e. The summed E-state index contributed by atoms with van der Waals surface area (Å²) in [6.07, 6.45) is 5.68. The van der Waals surface area contributed by atoms with E-state index in [0.717, 1.165) is 24.8 Å². The van der Waals surface area contributed by atoms with Crippen LogP contribution < -0.4 is 9.46 Å². The number of anilines is 1. The highest BCUT2D eigenvalue weighted by atomic mass is 32.2. The fourth-order valence-corrected chi connectivity index (χ4v) is 2.07. The van der Waals surface area contributed by atoms with Gasteiger partial charge in [-0.25, -0.2) is 8.42 Å². The van der Waals surface area contributed by atoms with Crippen LogP contribution in [-0.4, -0.2) is 25.8 Å². The molecular formula is C11H16N2O3S. The lowest BCUT2D eigenvalue weighted by Gasteiger charge is -2.14. The number of nitrogens with one attached hydrogen (secondary N) is 1. The Kier molecular flexibility index (Phi) is 3.24. The quantitative estimate of drug-likeness (QED) is 0.868. The third-order valence-electron chi connectivity index (χ3n) is 2.42. The molecule has 1 N–H and O–H groups in total. The van der Waals surface area contributed by atoms with Crippen molar-refractivity contribution in [2.75, 3.05) is 11.0 Å². The van der Waals surface area contributed by atoms with Crippen molar-refractivity contribution in [2.45, 2.75) is 32.3 Å². The summed E-state index contributed by atoms with van der Waals surface area (Å²) in [4.78, 5) is 4.21. The average Bonchev–Trinajstić information content (AvgIpc) is 3.02. The Morgan fingerprint density at radius 2 is 2.24 bits per heavy atom. The maximum Gasteiger partial charge on any atom is 0.229 e. The monoisotopic (exact) mass is 256 g/mol. The van der Waals surface area contributed by atoms with Crippen LogP contribution in [0.5, 0.6) is 5.75 Å². The number of hydrogen-bond acceptors (Lipinski definition) is 4. The number of sulfonamides is 1. The number of ether oxygens (including phenoxy) is 1. The standard InChI is InChI=1S/C11H16N2O3S/c1-3-9-11(16-8-4-5-8)10(6-7-12-9)13-17(2,14)15/h6-8H,3-5H2,1-2H3,(H,12,13). The molecule has 1 aromatic heterocycles. The lowest BCUT2D eigenvalue weighted by molar-refractivity contribution is 0.300. The molecule has 0 unspecified atom stereocenters. The number of nitrogens with zero attached hydrogens (tertiary/aromatic N) is 1. The highest BCUT2D eigenvalue weighted by molar-refractivity contribution is 7.92. The fourth-order valence-electron chi connectivity index (χ4n) is 1.51. The number of pyridine rings is 1. The summed E-state index contributed by atoms with van der Waals surface area (Å²) in [6, 6.07) is 1.62. The van der Waals surface area contributed by atoms with Crippen molar-refractivity contribution in [3.63, 3.8) is 0 Å². The molecule has 1 aliphatic rings. The van der Waals surface area contributed by atoms with Gasteiger partial charge in [-0.05, 0) is 25.3 Å². The minimum absolute atomic E-state index is 0.213. The molecule has 17 heavy (non-hydrogen) atoms. The molecule has 1 saturated carbocycles. The van der Waals surface area contributed by atoms with Crippen molar-refractivity contribution in [3.05, 3.63) is 18.0 Å². The molecule has 0 atom stereocenters. The normalized spacial score (nSPS) is 15.6. The zero-order chi connectivity index (χ0) is 12.5. The summed E-state index contributed by atoms with van der Waals surface area (Å²) in [6.45, 7) is 1.96. The largest absolute Gasteiger partial charge is 0.486 e. The van der Waals surface area contributed by atoms with Gasteiger partial charge in [-0.1, -0.05) is 6.92 Å². The topological polar surface area (TPSA) is 68.3 Å². The Hall–Kier alpha value is -1.30. The van der Waals surface area contributed by atoms with Gasteiger partial charge in [-0.3, -0.25) is 9.71 Å². The van der Waals surface area contributed by atoms with Gasteiger partial charge in [0.25, 0.3) is 0 Å². The molecule has 1 heterocycles. The van der Waals surface area contributed by atoms with Crippen LogP contribution in [0.25, 0.3) is 0 Å². The maximum absolute atomic E-state index is 11.3. The third-order valence-corrected chi connectivity index (χ3v) is 3.01. The van der Waals surface area contributed by atoms with Crippen LogP contribution in [0.1, 0.15) is 25.5 Å². The molecule has 2 rings (SSSR count). The Morgan fingerprint density at radius 3 is 2.76 bits per heavy atom. The van der Waals surface area contributed by atoms with Crippen LogP contribution in [0.2, 0.25) is 0 Å². The van der Waals surface area contributed by atoms with Crippen molar-refractivity contribution >= 4 is 15.7 Å². The Balaban J connectivity index is 2.34. The molecule has 0 aromatic carbocycles. The second-order valence-corrected chi connectivity index (χ2v) is 5.93. The molecule has 1 aliphatic carbocycles. The van der Waals surface area contributed by atoms with Gasteiger partial charge in [-0.2, -0.15) is 0 Å². The van der Waals surface area contributed by atoms with Crippen LogP contribution in [-0.2, 0) is 16.4 Å². The van der Waals surface area contributed by atoms with E-state index in [4.69, 9.17) is 4.74 Å². The zero-order valence-corrected chi connectivity index (χ0v) is 10.8. The van der Waals surface area contributed by atoms with E-state index in [1.54, 1.807) is 12.3 Å². The van der Waals surface area contributed by atoms with Crippen LogP contribution in [0.3, 0.4) is 0 Å². The van der Waals surface area contributed by atoms with Crippen LogP contribution >= 0.6 is 0 Å². The first kappa shape index (κ1) is 12.2. The van der Waals surface area contributed by atoms with E-state index >= 15 is 0 Å². The van der Waals surface area contributed by atoms with Gasteiger partial charge in [0.2, 0.25) is 10.0 Å². The number of hydrogen-bond donors (Lipinski definition) is 1. The molecule has 1 aromatic rings. The first-order valence-corrected chi connectivity index (χ1v) is 7.51. The number of aromatic nitrogens is 1. The molecule has 0 radical (unpaired) electrons. The van der Waals surface area contributed by atoms with Gasteiger partial charge >= 0.3 is 0 Å². The number of rotatable bonds is 5. The summed E-state index contributed by atoms with van der Waals surface area (Å²) in [5, 5.41) is 0. The summed E-state index contributed by atoms with van der Waals surface area (Å²) >= 11 is 0. The molecule has 0 aliphatic heterocycles. The smallest absolute Gasteiger partial charge is 0.229 e. The van der Waals surface area contributed by atoms with Crippen LogP contribution in [0, 0.1) is 0 Å². The second kappa shape index (κ2) is 4.52. The van der Waals surface area contributed by atoms with E-state index in [2.05, 4.69) is 9.71 Å². The lowest BCUT2D eigenvalue weighted by Crippen LogP contribution is -2.12. The Morgan fingerprint density at radius 1 is 1.53 bits per heavy atom. The van der Waals surface area contributed by atoms with E-state index in [0.29, 0.717) is 17.9 Å². The summed E-state index contributed by atoms with van der Waals surface area (Å²) < 4.78 is 30.7. The first-order chi connectivity index (χ1) is 7.99. The SMILES string of the molecule is CCc1nccc(NS(C)(=O)=O)c1OC1CC1. The van der Waals surface area contributed by atoms with E-state index < -0.39 is 10.0 Å². The Labute approximate surface area is 101 Å². The molecule has 0 bridgehead atoms. The summed E-state index contributed by atoms with van der Waals surface area (Å²) in [5.74, 6) is 0.572. The lowest BCUT2D eigenvalue weighted by atomic mass is 10.2. The summed E-state index contributed by atoms with van der Waals surface area (Å²) in [7, 11) is -3.30. The van der Waals surface area contributed by atoms with Gasteiger partial charge in [0.1, 0.15) is 0 Å². The molecule has 6 heteroatoms. The van der Waals surface area contributed by atoms with Crippen molar-refractivity contribution < 1.29 is 13.2 Å². The predicted octanol–water partition coefficient (Wildman–Crippen LogP) is 1.56. The van der Waals surface area contributed by atoms with Gasteiger partial charge in [0, 0.05) is 6.20 Å². The average molecular weight is 256 g/mol.